The molecule has 4 heteroatoms. The molecule has 1 heterocycles. The fourth-order valence-electron chi connectivity index (χ4n) is 2.15. The highest BCUT2D eigenvalue weighted by Crippen LogP contribution is 2.21. The molecule has 0 spiro atoms. The third-order valence-electron chi connectivity index (χ3n) is 3.45. The maximum Gasteiger partial charge on any atom is 0.176 e. The van der Waals surface area contributed by atoms with Crippen molar-refractivity contribution in [3.8, 4) is 0 Å². The lowest BCUT2D eigenvalue weighted by Crippen LogP contribution is -2.44. The van der Waals surface area contributed by atoms with Crippen molar-refractivity contribution in [3.05, 3.63) is 34.3 Å². The average molecular weight is 312 g/mol. The van der Waals surface area contributed by atoms with E-state index in [1.165, 1.54) is 0 Å². The van der Waals surface area contributed by atoms with Crippen molar-refractivity contribution in [1.29, 1.82) is 0 Å². The van der Waals surface area contributed by atoms with Crippen LogP contribution in [0.5, 0.6) is 0 Å². The van der Waals surface area contributed by atoms with Crippen molar-refractivity contribution in [2.45, 2.75) is 25.4 Å². The SMILES string of the molecule is CC1(O)CCN(CC(=O)c2cccc(Br)c2)CC1. The molecule has 1 saturated heterocycles. The zero-order valence-corrected chi connectivity index (χ0v) is 12.1. The van der Waals surface area contributed by atoms with E-state index in [4.69, 9.17) is 0 Å². The number of aliphatic hydroxyl groups is 1. The predicted molar refractivity (Wildman–Crippen MR) is 74.8 cm³/mol. The Bertz CT molecular complexity index is 435. The van der Waals surface area contributed by atoms with Crippen LogP contribution in [-0.4, -0.2) is 41.0 Å². The summed E-state index contributed by atoms with van der Waals surface area (Å²) in [6, 6.07) is 7.48. The van der Waals surface area contributed by atoms with Crippen LogP contribution >= 0.6 is 15.9 Å². The monoisotopic (exact) mass is 311 g/mol. The van der Waals surface area contributed by atoms with E-state index in [9.17, 15) is 9.90 Å². The van der Waals surface area contributed by atoms with Crippen LogP contribution in [0.1, 0.15) is 30.1 Å². The fraction of sp³-hybridized carbons (Fsp3) is 0.500. The van der Waals surface area contributed by atoms with Crippen LogP contribution in [0.3, 0.4) is 0 Å². The van der Waals surface area contributed by atoms with Gasteiger partial charge >= 0.3 is 0 Å². The largest absolute Gasteiger partial charge is 0.390 e. The number of rotatable bonds is 3. The molecule has 0 radical (unpaired) electrons. The van der Waals surface area contributed by atoms with Gasteiger partial charge < -0.3 is 5.11 Å². The minimum atomic E-state index is -0.560. The summed E-state index contributed by atoms with van der Waals surface area (Å²) in [4.78, 5) is 14.2. The number of Topliss-reactive ketones (excluding diaryl/α,β-unsaturated/α-hetero) is 1. The summed E-state index contributed by atoms with van der Waals surface area (Å²) in [6.45, 7) is 3.87. The highest BCUT2D eigenvalue weighted by atomic mass is 79.9. The van der Waals surface area contributed by atoms with E-state index < -0.39 is 5.60 Å². The molecule has 1 aliphatic rings. The number of nitrogens with zero attached hydrogens (tertiary/aromatic N) is 1. The first-order valence-corrected chi connectivity index (χ1v) is 6.99. The Balaban J connectivity index is 1.93. The number of ketones is 1. The van der Waals surface area contributed by atoms with Gasteiger partial charge in [0.05, 0.1) is 12.1 Å². The topological polar surface area (TPSA) is 40.5 Å². The Labute approximate surface area is 116 Å². The van der Waals surface area contributed by atoms with E-state index in [1.807, 2.05) is 31.2 Å². The van der Waals surface area contributed by atoms with Gasteiger partial charge in [-0.15, -0.1) is 0 Å². The molecule has 0 saturated carbocycles. The molecule has 0 amide bonds. The quantitative estimate of drug-likeness (QED) is 0.872. The number of benzene rings is 1. The lowest BCUT2D eigenvalue weighted by atomic mass is 9.93. The lowest BCUT2D eigenvalue weighted by molar-refractivity contribution is -0.00420. The normalized spacial score (nSPS) is 19.7. The molecule has 2 rings (SSSR count). The van der Waals surface area contributed by atoms with Crippen LogP contribution in [0, 0.1) is 0 Å². The van der Waals surface area contributed by atoms with E-state index >= 15 is 0 Å². The van der Waals surface area contributed by atoms with Crippen molar-refractivity contribution >= 4 is 21.7 Å². The highest BCUT2D eigenvalue weighted by molar-refractivity contribution is 9.10. The summed E-state index contributed by atoms with van der Waals surface area (Å²) < 4.78 is 0.926. The first-order chi connectivity index (χ1) is 8.46. The van der Waals surface area contributed by atoms with Crippen molar-refractivity contribution in [1.82, 2.24) is 4.90 Å². The van der Waals surface area contributed by atoms with Gasteiger partial charge in [-0.3, -0.25) is 9.69 Å². The van der Waals surface area contributed by atoms with E-state index in [-0.39, 0.29) is 5.78 Å². The van der Waals surface area contributed by atoms with Crippen molar-refractivity contribution in [2.24, 2.45) is 0 Å². The molecular formula is C14H18BrNO2. The van der Waals surface area contributed by atoms with Crippen molar-refractivity contribution < 1.29 is 9.90 Å². The molecule has 0 aromatic heterocycles. The molecular weight excluding hydrogens is 294 g/mol. The van der Waals surface area contributed by atoms with E-state index in [2.05, 4.69) is 20.8 Å². The van der Waals surface area contributed by atoms with Gasteiger partial charge in [-0.1, -0.05) is 28.1 Å². The zero-order chi connectivity index (χ0) is 13.2. The number of hydrogen-bond acceptors (Lipinski definition) is 3. The van der Waals surface area contributed by atoms with Crippen molar-refractivity contribution in [2.75, 3.05) is 19.6 Å². The molecule has 0 atom stereocenters. The smallest absolute Gasteiger partial charge is 0.176 e. The van der Waals surface area contributed by atoms with Crippen LogP contribution < -0.4 is 0 Å². The van der Waals surface area contributed by atoms with Crippen LogP contribution in [0.25, 0.3) is 0 Å². The summed E-state index contributed by atoms with van der Waals surface area (Å²) >= 11 is 3.37. The van der Waals surface area contributed by atoms with E-state index in [1.54, 1.807) is 0 Å². The molecule has 1 aromatic rings. The Morgan fingerprint density at radius 2 is 2.11 bits per heavy atom. The molecule has 98 valence electrons. The van der Waals surface area contributed by atoms with E-state index in [0.717, 1.165) is 36.0 Å². The molecule has 18 heavy (non-hydrogen) atoms. The first kappa shape index (κ1) is 13.7. The Morgan fingerprint density at radius 3 is 2.72 bits per heavy atom. The van der Waals surface area contributed by atoms with Crippen LogP contribution in [0.15, 0.2) is 28.7 Å². The summed E-state index contributed by atoms with van der Waals surface area (Å²) in [5.74, 6) is 0.137. The summed E-state index contributed by atoms with van der Waals surface area (Å²) in [7, 11) is 0. The van der Waals surface area contributed by atoms with Gasteiger partial charge in [-0.25, -0.2) is 0 Å². The molecule has 1 aromatic carbocycles. The van der Waals surface area contributed by atoms with Gasteiger partial charge in [0.15, 0.2) is 5.78 Å². The second kappa shape index (κ2) is 5.51. The highest BCUT2D eigenvalue weighted by Gasteiger charge is 2.28. The number of carbonyl (C=O) groups excluding carboxylic acids is 1. The zero-order valence-electron chi connectivity index (χ0n) is 10.5. The van der Waals surface area contributed by atoms with Crippen LogP contribution in [-0.2, 0) is 0 Å². The van der Waals surface area contributed by atoms with Gasteiger partial charge in [0.2, 0.25) is 0 Å². The third-order valence-corrected chi connectivity index (χ3v) is 3.94. The molecule has 0 aliphatic carbocycles. The average Bonchev–Trinajstić information content (AvgIpc) is 2.32. The van der Waals surface area contributed by atoms with E-state index in [0.29, 0.717) is 6.54 Å². The van der Waals surface area contributed by atoms with Crippen LogP contribution in [0.4, 0.5) is 0 Å². The molecule has 0 unspecified atom stereocenters. The standard InChI is InChI=1S/C14H18BrNO2/c1-14(18)5-7-16(8-6-14)10-13(17)11-3-2-4-12(15)9-11/h2-4,9,18H,5-8,10H2,1H3. The van der Waals surface area contributed by atoms with Gasteiger partial charge in [0.1, 0.15) is 0 Å². The third kappa shape index (κ3) is 3.64. The summed E-state index contributed by atoms with van der Waals surface area (Å²) in [5, 5.41) is 9.86. The predicted octanol–water partition coefficient (Wildman–Crippen LogP) is 2.48. The molecule has 3 nitrogen and oxygen atoms in total. The summed E-state index contributed by atoms with van der Waals surface area (Å²) in [6.07, 6.45) is 1.47. The number of carbonyl (C=O) groups is 1. The molecule has 1 N–H and O–H groups in total. The van der Waals surface area contributed by atoms with Gasteiger partial charge in [0.25, 0.3) is 0 Å². The number of halogens is 1. The second-order valence-electron chi connectivity index (χ2n) is 5.21. The van der Waals surface area contributed by atoms with Crippen LogP contribution in [0.2, 0.25) is 0 Å². The maximum atomic E-state index is 12.1. The number of likely N-dealkylation sites (tertiary alicyclic amines) is 1. The maximum absolute atomic E-state index is 12.1. The molecule has 1 aliphatic heterocycles. The fourth-order valence-corrected chi connectivity index (χ4v) is 2.55. The minimum Gasteiger partial charge on any atom is -0.390 e. The second-order valence-corrected chi connectivity index (χ2v) is 6.12. The summed E-state index contributed by atoms with van der Waals surface area (Å²) in [5.41, 5.74) is 0.177. The number of hydrogen-bond donors (Lipinski definition) is 1. The molecule has 1 fully saturated rings. The van der Waals surface area contributed by atoms with Gasteiger partial charge in [-0.2, -0.15) is 0 Å². The Morgan fingerprint density at radius 1 is 1.44 bits per heavy atom. The Hall–Kier alpha value is -0.710. The van der Waals surface area contributed by atoms with Gasteiger partial charge in [-0.05, 0) is 31.9 Å². The lowest BCUT2D eigenvalue weighted by Gasteiger charge is -2.35. The van der Waals surface area contributed by atoms with Crippen molar-refractivity contribution in [3.63, 3.8) is 0 Å². The Kier molecular flexibility index (Phi) is 4.20. The minimum absolute atomic E-state index is 0.137. The first-order valence-electron chi connectivity index (χ1n) is 6.20. The number of piperidine rings is 1. The molecule has 0 bridgehead atoms. The van der Waals surface area contributed by atoms with Gasteiger partial charge in [0, 0.05) is 23.1 Å².